The van der Waals surface area contributed by atoms with Crippen LogP contribution >= 0.6 is 0 Å². The zero-order chi connectivity index (χ0) is 13.8. The molecular weight excluding hydrogens is 255 g/mol. The average molecular weight is 267 g/mol. The van der Waals surface area contributed by atoms with Crippen LogP contribution in [0, 0.1) is 17.5 Å². The quantitative estimate of drug-likeness (QED) is 0.863. The summed E-state index contributed by atoms with van der Waals surface area (Å²) in [7, 11) is 0. The van der Waals surface area contributed by atoms with Crippen molar-refractivity contribution in [2.75, 3.05) is 11.9 Å². The van der Waals surface area contributed by atoms with Gasteiger partial charge in [-0.1, -0.05) is 6.92 Å². The number of aromatic nitrogens is 2. The molecule has 0 unspecified atom stereocenters. The number of nitrogens with zero attached hydrogens (tertiary/aromatic N) is 2. The summed E-state index contributed by atoms with van der Waals surface area (Å²) in [5.41, 5.74) is 0.0342. The molecule has 0 atom stereocenters. The van der Waals surface area contributed by atoms with Gasteiger partial charge in [-0.05, 0) is 24.6 Å². The Hall–Kier alpha value is -2.11. The van der Waals surface area contributed by atoms with Crippen LogP contribution in [0.5, 0.6) is 0 Å². The fourth-order valence-corrected chi connectivity index (χ4v) is 1.54. The number of anilines is 1. The number of hydrogen-bond acceptors (Lipinski definition) is 3. The van der Waals surface area contributed by atoms with E-state index < -0.39 is 17.5 Å². The van der Waals surface area contributed by atoms with Crippen molar-refractivity contribution < 1.29 is 13.2 Å². The summed E-state index contributed by atoms with van der Waals surface area (Å²) in [5, 5.41) is 10.6. The van der Waals surface area contributed by atoms with Crippen molar-refractivity contribution in [1.29, 1.82) is 0 Å². The van der Waals surface area contributed by atoms with E-state index in [4.69, 9.17) is 0 Å². The van der Waals surface area contributed by atoms with E-state index in [1.807, 2.05) is 6.92 Å². The zero-order valence-corrected chi connectivity index (χ0v) is 10.3. The van der Waals surface area contributed by atoms with Gasteiger partial charge in [0.05, 0.1) is 5.69 Å². The van der Waals surface area contributed by atoms with Crippen LogP contribution < -0.4 is 5.32 Å². The second-order valence-corrected chi connectivity index (χ2v) is 3.98. The summed E-state index contributed by atoms with van der Waals surface area (Å²) in [4.78, 5) is 0. The monoisotopic (exact) mass is 267 g/mol. The molecule has 100 valence electrons. The SMILES string of the molecule is CCCNc1ccc(-c2cc(F)c(F)cc2F)nn1. The second-order valence-electron chi connectivity index (χ2n) is 3.98. The number of benzene rings is 1. The average Bonchev–Trinajstić information content (AvgIpc) is 2.41. The molecule has 0 aliphatic carbocycles. The van der Waals surface area contributed by atoms with E-state index in [1.54, 1.807) is 6.07 Å². The fraction of sp³-hybridized carbons (Fsp3) is 0.231. The lowest BCUT2D eigenvalue weighted by atomic mass is 10.1. The minimum atomic E-state index is -1.23. The van der Waals surface area contributed by atoms with Crippen molar-refractivity contribution in [3.63, 3.8) is 0 Å². The Kier molecular flexibility index (Phi) is 3.99. The molecule has 0 bridgehead atoms. The number of rotatable bonds is 4. The van der Waals surface area contributed by atoms with Crippen molar-refractivity contribution in [3.05, 3.63) is 41.7 Å². The molecular formula is C13H12F3N3. The maximum absolute atomic E-state index is 13.5. The Balaban J connectivity index is 2.29. The molecule has 0 saturated carbocycles. The zero-order valence-electron chi connectivity index (χ0n) is 10.3. The molecule has 0 aliphatic rings. The molecule has 1 aromatic heterocycles. The summed E-state index contributed by atoms with van der Waals surface area (Å²) in [6, 6.07) is 4.38. The molecule has 0 spiro atoms. The molecule has 2 rings (SSSR count). The van der Waals surface area contributed by atoms with Crippen LogP contribution in [0.1, 0.15) is 13.3 Å². The van der Waals surface area contributed by atoms with Crippen LogP contribution in [0.25, 0.3) is 11.3 Å². The molecule has 0 saturated heterocycles. The van der Waals surface area contributed by atoms with E-state index in [9.17, 15) is 13.2 Å². The summed E-state index contributed by atoms with van der Waals surface area (Å²) < 4.78 is 39.4. The third kappa shape index (κ3) is 3.01. The van der Waals surface area contributed by atoms with Crippen molar-refractivity contribution in [3.8, 4) is 11.3 Å². The normalized spacial score (nSPS) is 10.5. The maximum atomic E-state index is 13.5. The summed E-state index contributed by atoms with van der Waals surface area (Å²) in [6.45, 7) is 2.75. The molecule has 0 radical (unpaired) electrons. The first kappa shape index (κ1) is 13.3. The molecule has 1 N–H and O–H groups in total. The fourth-order valence-electron chi connectivity index (χ4n) is 1.54. The predicted octanol–water partition coefficient (Wildman–Crippen LogP) is 3.38. The Labute approximate surface area is 108 Å². The lowest BCUT2D eigenvalue weighted by molar-refractivity contribution is 0.496. The minimum absolute atomic E-state index is 0.117. The van der Waals surface area contributed by atoms with Crippen molar-refractivity contribution in [1.82, 2.24) is 10.2 Å². The molecule has 6 heteroatoms. The first-order valence-corrected chi connectivity index (χ1v) is 5.84. The highest BCUT2D eigenvalue weighted by molar-refractivity contribution is 5.60. The highest BCUT2D eigenvalue weighted by Crippen LogP contribution is 2.23. The number of halogens is 3. The lowest BCUT2D eigenvalue weighted by Gasteiger charge is -2.05. The van der Waals surface area contributed by atoms with E-state index in [-0.39, 0.29) is 11.3 Å². The molecule has 0 amide bonds. The highest BCUT2D eigenvalue weighted by atomic mass is 19.2. The van der Waals surface area contributed by atoms with Gasteiger partial charge in [0, 0.05) is 18.2 Å². The topological polar surface area (TPSA) is 37.8 Å². The van der Waals surface area contributed by atoms with Crippen LogP contribution in [-0.2, 0) is 0 Å². The number of nitrogens with one attached hydrogen (secondary N) is 1. The third-order valence-electron chi connectivity index (χ3n) is 2.51. The van der Waals surface area contributed by atoms with E-state index in [2.05, 4.69) is 15.5 Å². The maximum Gasteiger partial charge on any atom is 0.161 e. The lowest BCUT2D eigenvalue weighted by Crippen LogP contribution is -2.03. The number of hydrogen-bond donors (Lipinski definition) is 1. The molecule has 1 aromatic carbocycles. The van der Waals surface area contributed by atoms with Crippen molar-refractivity contribution in [2.45, 2.75) is 13.3 Å². The van der Waals surface area contributed by atoms with Crippen LogP contribution in [0.3, 0.4) is 0 Å². The van der Waals surface area contributed by atoms with Crippen LogP contribution in [-0.4, -0.2) is 16.7 Å². The Bertz CT molecular complexity index is 570. The van der Waals surface area contributed by atoms with Crippen LogP contribution in [0.2, 0.25) is 0 Å². The second kappa shape index (κ2) is 5.69. The van der Waals surface area contributed by atoms with Gasteiger partial charge < -0.3 is 5.32 Å². The first-order chi connectivity index (χ1) is 9.11. The predicted molar refractivity (Wildman–Crippen MR) is 66.1 cm³/mol. The van der Waals surface area contributed by atoms with Crippen molar-refractivity contribution >= 4 is 5.82 Å². The van der Waals surface area contributed by atoms with Crippen LogP contribution in [0.15, 0.2) is 24.3 Å². The summed E-state index contributed by atoms with van der Waals surface area (Å²) in [6.07, 6.45) is 0.932. The Morgan fingerprint density at radius 1 is 1.00 bits per heavy atom. The van der Waals surface area contributed by atoms with Gasteiger partial charge in [-0.25, -0.2) is 13.2 Å². The smallest absolute Gasteiger partial charge is 0.161 e. The molecule has 2 aromatic rings. The van der Waals surface area contributed by atoms with E-state index in [0.29, 0.717) is 11.9 Å². The molecule has 1 heterocycles. The van der Waals surface area contributed by atoms with Gasteiger partial charge in [0.2, 0.25) is 0 Å². The van der Waals surface area contributed by atoms with Crippen molar-refractivity contribution in [2.24, 2.45) is 0 Å². The van der Waals surface area contributed by atoms with E-state index in [0.717, 1.165) is 19.0 Å². The van der Waals surface area contributed by atoms with Gasteiger partial charge in [0.25, 0.3) is 0 Å². The van der Waals surface area contributed by atoms with E-state index in [1.165, 1.54) is 6.07 Å². The van der Waals surface area contributed by atoms with Gasteiger partial charge in [0.1, 0.15) is 11.6 Å². The molecule has 3 nitrogen and oxygen atoms in total. The summed E-state index contributed by atoms with van der Waals surface area (Å²) in [5.74, 6) is -2.67. The standard InChI is InChI=1S/C13H12F3N3/c1-2-5-17-13-4-3-12(18-19-13)8-6-10(15)11(16)7-9(8)14/h3-4,6-7H,2,5H2,1H3,(H,17,19). The Morgan fingerprint density at radius 3 is 2.37 bits per heavy atom. The van der Waals surface area contributed by atoms with Gasteiger partial charge in [-0.3, -0.25) is 0 Å². The third-order valence-corrected chi connectivity index (χ3v) is 2.51. The molecule has 0 aliphatic heterocycles. The first-order valence-electron chi connectivity index (χ1n) is 5.84. The highest BCUT2D eigenvalue weighted by Gasteiger charge is 2.12. The van der Waals surface area contributed by atoms with Gasteiger partial charge in [-0.2, -0.15) is 0 Å². The molecule has 19 heavy (non-hydrogen) atoms. The summed E-state index contributed by atoms with van der Waals surface area (Å²) >= 11 is 0. The van der Waals surface area contributed by atoms with E-state index >= 15 is 0 Å². The van der Waals surface area contributed by atoms with Gasteiger partial charge >= 0.3 is 0 Å². The van der Waals surface area contributed by atoms with Gasteiger partial charge in [0.15, 0.2) is 11.6 Å². The molecule has 0 fully saturated rings. The van der Waals surface area contributed by atoms with Crippen LogP contribution in [0.4, 0.5) is 19.0 Å². The Morgan fingerprint density at radius 2 is 1.74 bits per heavy atom. The minimum Gasteiger partial charge on any atom is -0.369 e. The largest absolute Gasteiger partial charge is 0.369 e. The van der Waals surface area contributed by atoms with Gasteiger partial charge in [-0.15, -0.1) is 10.2 Å².